The number of rotatable bonds is 11. The lowest BCUT2D eigenvalue weighted by molar-refractivity contribution is -0.148. The number of carbonyl (C=O) groups excluding carboxylic acids is 2. The first-order valence-corrected chi connectivity index (χ1v) is 11.0. The smallest absolute Gasteiger partial charge is 0.494 e. The lowest BCUT2D eigenvalue weighted by atomic mass is 9.79. The maximum atomic E-state index is 12.4. The number of esters is 2. The van der Waals surface area contributed by atoms with Gasteiger partial charge in [-0.25, -0.2) is 4.79 Å². The summed E-state index contributed by atoms with van der Waals surface area (Å²) in [5.74, 6) is 0.464. The van der Waals surface area contributed by atoms with Gasteiger partial charge in [-0.15, -0.1) is 0 Å². The van der Waals surface area contributed by atoms with E-state index in [0.29, 0.717) is 43.5 Å². The van der Waals surface area contributed by atoms with E-state index in [4.69, 9.17) is 23.5 Å². The molecule has 0 radical (unpaired) electrons. The molecule has 0 N–H and O–H groups in total. The predicted molar refractivity (Wildman–Crippen MR) is 120 cm³/mol. The van der Waals surface area contributed by atoms with Crippen molar-refractivity contribution < 1.29 is 33.1 Å². The third-order valence-corrected chi connectivity index (χ3v) is 5.14. The summed E-state index contributed by atoms with van der Waals surface area (Å²) in [4.78, 5) is 24.0. The van der Waals surface area contributed by atoms with Crippen LogP contribution in [-0.2, 0) is 18.8 Å². The Morgan fingerprint density at radius 2 is 1.56 bits per heavy atom. The zero-order valence-corrected chi connectivity index (χ0v) is 18.6. The van der Waals surface area contributed by atoms with E-state index >= 15 is 0 Å². The summed E-state index contributed by atoms with van der Waals surface area (Å²) in [6.45, 7) is 5.89. The van der Waals surface area contributed by atoms with Crippen LogP contribution in [0.5, 0.6) is 11.5 Å². The summed E-state index contributed by atoms with van der Waals surface area (Å²) >= 11 is 0. The Labute approximate surface area is 189 Å². The second-order valence-electron chi connectivity index (χ2n) is 7.59. The third kappa shape index (κ3) is 7.10. The Balaban J connectivity index is 1.37. The first-order chi connectivity index (χ1) is 15.6. The minimum atomic E-state index is -0.444. The van der Waals surface area contributed by atoms with Gasteiger partial charge >= 0.3 is 19.1 Å². The lowest BCUT2D eigenvalue weighted by Crippen LogP contribution is -2.31. The summed E-state index contributed by atoms with van der Waals surface area (Å²) in [6, 6.07) is 13.9. The molecule has 7 nitrogen and oxygen atoms in total. The van der Waals surface area contributed by atoms with Crippen LogP contribution in [0.4, 0.5) is 0 Å². The van der Waals surface area contributed by atoms with Gasteiger partial charge in [0.1, 0.15) is 11.5 Å². The average molecular weight is 440 g/mol. The number of hydrogen-bond donors (Lipinski definition) is 0. The zero-order chi connectivity index (χ0) is 22.8. The topological polar surface area (TPSA) is 80.3 Å². The van der Waals surface area contributed by atoms with Crippen LogP contribution in [0.1, 0.15) is 43.5 Å². The molecule has 1 heterocycles. The van der Waals surface area contributed by atoms with Crippen molar-refractivity contribution in [2.75, 3.05) is 26.4 Å². The molecule has 1 aliphatic rings. The highest BCUT2D eigenvalue weighted by Gasteiger charge is 2.26. The van der Waals surface area contributed by atoms with Crippen molar-refractivity contribution in [2.24, 2.45) is 5.92 Å². The Hall–Kier alpha value is -2.84. The first-order valence-electron chi connectivity index (χ1n) is 11.0. The second-order valence-corrected chi connectivity index (χ2v) is 7.59. The molecule has 8 heteroatoms. The van der Waals surface area contributed by atoms with Crippen LogP contribution in [0.3, 0.4) is 0 Å². The van der Waals surface area contributed by atoms with Gasteiger partial charge in [-0.1, -0.05) is 26.0 Å². The molecule has 3 rings (SSSR count). The number of carbonyl (C=O) groups is 2. The van der Waals surface area contributed by atoms with Crippen molar-refractivity contribution in [1.29, 1.82) is 0 Å². The summed E-state index contributed by atoms with van der Waals surface area (Å²) in [5.41, 5.74) is 1.32. The number of benzene rings is 2. The number of unbranched alkanes of at least 4 members (excludes halogenated alkanes) is 1. The predicted octanol–water partition coefficient (Wildman–Crippen LogP) is 3.40. The Morgan fingerprint density at radius 1 is 0.938 bits per heavy atom. The van der Waals surface area contributed by atoms with Crippen LogP contribution in [0.25, 0.3) is 0 Å². The van der Waals surface area contributed by atoms with Gasteiger partial charge in [-0.3, -0.25) is 4.79 Å². The lowest BCUT2D eigenvalue weighted by Gasteiger charge is -2.10. The van der Waals surface area contributed by atoms with Gasteiger partial charge in [0.05, 0.1) is 37.9 Å². The van der Waals surface area contributed by atoms with Gasteiger partial charge in [0.25, 0.3) is 0 Å². The molecule has 1 fully saturated rings. The Kier molecular flexibility index (Phi) is 9.13. The summed E-state index contributed by atoms with van der Waals surface area (Å²) in [7, 11) is -0.355. The number of ether oxygens (including phenoxy) is 3. The molecular weight excluding hydrogens is 411 g/mol. The quantitative estimate of drug-likeness (QED) is 0.229. The van der Waals surface area contributed by atoms with E-state index in [9.17, 15) is 9.59 Å². The second kappa shape index (κ2) is 12.3. The minimum absolute atomic E-state index is 0.0584. The van der Waals surface area contributed by atoms with Crippen LogP contribution in [0.15, 0.2) is 48.5 Å². The van der Waals surface area contributed by atoms with Crippen LogP contribution in [0, 0.1) is 5.92 Å². The molecular formula is C24H29BO7. The zero-order valence-electron chi connectivity index (χ0n) is 18.6. The molecule has 170 valence electrons. The van der Waals surface area contributed by atoms with Crippen LogP contribution in [-0.4, -0.2) is 45.5 Å². The standard InChI is InChI=1S/C24H29BO7/c1-3-18(2)23(26)29-15-5-4-14-28-21-10-6-19(7-11-21)24(27)32-22-12-8-20(9-13-22)25-30-16-17-31-25/h6-13,18H,3-5,14-17H2,1-2H3. The van der Waals surface area contributed by atoms with E-state index in [1.807, 2.05) is 26.0 Å². The first kappa shape index (κ1) is 23.8. The molecule has 0 amide bonds. The summed E-state index contributed by atoms with van der Waals surface area (Å²) in [6.07, 6.45) is 2.29. The van der Waals surface area contributed by atoms with Crippen molar-refractivity contribution in [3.63, 3.8) is 0 Å². The van der Waals surface area contributed by atoms with Gasteiger partial charge in [0.15, 0.2) is 0 Å². The van der Waals surface area contributed by atoms with Gasteiger partial charge in [-0.05, 0) is 61.1 Å². The molecule has 0 saturated carbocycles. The van der Waals surface area contributed by atoms with Crippen molar-refractivity contribution in [3.8, 4) is 11.5 Å². The summed E-state index contributed by atoms with van der Waals surface area (Å²) in [5, 5.41) is 0. The molecule has 2 aromatic rings. The van der Waals surface area contributed by atoms with Crippen molar-refractivity contribution >= 4 is 24.5 Å². The molecule has 1 atom stereocenters. The van der Waals surface area contributed by atoms with E-state index in [1.165, 1.54) is 0 Å². The molecule has 0 aliphatic carbocycles. The maximum absolute atomic E-state index is 12.4. The fourth-order valence-electron chi connectivity index (χ4n) is 2.97. The summed E-state index contributed by atoms with van der Waals surface area (Å²) < 4.78 is 27.2. The van der Waals surface area contributed by atoms with E-state index < -0.39 is 5.97 Å². The van der Waals surface area contributed by atoms with Crippen molar-refractivity contribution in [1.82, 2.24) is 0 Å². The Bertz CT molecular complexity index is 861. The van der Waals surface area contributed by atoms with Gasteiger partial charge in [-0.2, -0.15) is 0 Å². The van der Waals surface area contributed by atoms with Crippen molar-refractivity contribution in [3.05, 3.63) is 54.1 Å². The molecule has 0 bridgehead atoms. The van der Waals surface area contributed by atoms with Gasteiger partial charge in [0.2, 0.25) is 0 Å². The molecule has 1 aliphatic heterocycles. The fourth-order valence-corrected chi connectivity index (χ4v) is 2.97. The van der Waals surface area contributed by atoms with Crippen LogP contribution >= 0.6 is 0 Å². The minimum Gasteiger partial charge on any atom is -0.494 e. The Morgan fingerprint density at radius 3 is 2.22 bits per heavy atom. The van der Waals surface area contributed by atoms with Crippen LogP contribution < -0.4 is 14.9 Å². The van der Waals surface area contributed by atoms with Crippen molar-refractivity contribution in [2.45, 2.75) is 33.1 Å². The van der Waals surface area contributed by atoms with Crippen LogP contribution in [0.2, 0.25) is 0 Å². The molecule has 0 spiro atoms. The average Bonchev–Trinajstić information content (AvgIpc) is 3.36. The molecule has 1 unspecified atom stereocenters. The largest absolute Gasteiger partial charge is 0.494 e. The molecule has 1 saturated heterocycles. The fraction of sp³-hybridized carbons (Fsp3) is 0.417. The monoisotopic (exact) mass is 440 g/mol. The number of hydrogen-bond acceptors (Lipinski definition) is 7. The third-order valence-electron chi connectivity index (χ3n) is 5.14. The van der Waals surface area contributed by atoms with Gasteiger partial charge in [0, 0.05) is 0 Å². The normalized spacial score (nSPS) is 14.1. The van der Waals surface area contributed by atoms with E-state index in [0.717, 1.165) is 24.7 Å². The van der Waals surface area contributed by atoms with E-state index in [2.05, 4.69) is 0 Å². The van der Waals surface area contributed by atoms with E-state index in [1.54, 1.807) is 36.4 Å². The van der Waals surface area contributed by atoms with Gasteiger partial charge < -0.3 is 23.5 Å². The maximum Gasteiger partial charge on any atom is 0.494 e. The SMILES string of the molecule is CCC(C)C(=O)OCCCCOc1ccc(C(=O)Oc2ccc(B3OCCO3)cc2)cc1. The van der Waals surface area contributed by atoms with E-state index in [-0.39, 0.29) is 19.0 Å². The highest BCUT2D eigenvalue weighted by Crippen LogP contribution is 2.16. The highest BCUT2D eigenvalue weighted by molar-refractivity contribution is 6.61. The molecule has 2 aromatic carbocycles. The highest BCUT2D eigenvalue weighted by atomic mass is 16.6. The molecule has 0 aromatic heterocycles. The molecule has 32 heavy (non-hydrogen) atoms.